The first-order chi connectivity index (χ1) is 14.5. The molecule has 2 atom stereocenters. The molecule has 2 saturated heterocycles. The van der Waals surface area contributed by atoms with E-state index in [2.05, 4.69) is 46.0 Å². The summed E-state index contributed by atoms with van der Waals surface area (Å²) in [5.74, 6) is 0. The lowest BCUT2D eigenvalue weighted by molar-refractivity contribution is -0.906. The van der Waals surface area contributed by atoms with Crippen LogP contribution >= 0.6 is 31.9 Å². The van der Waals surface area contributed by atoms with E-state index in [1.54, 1.807) is 0 Å². The molecule has 2 fully saturated rings. The number of quaternary nitrogens is 2. The first-order valence-corrected chi connectivity index (χ1v) is 15.3. The zero-order chi connectivity index (χ0) is 21.7. The molecule has 0 N–H and O–H groups in total. The summed E-state index contributed by atoms with van der Waals surface area (Å²) in [6.07, 6.45) is 25.8. The minimum absolute atomic E-state index is 0.699. The van der Waals surface area contributed by atoms with Gasteiger partial charge < -0.3 is 8.97 Å². The summed E-state index contributed by atoms with van der Waals surface area (Å²) in [5.41, 5.74) is 0. The van der Waals surface area contributed by atoms with E-state index < -0.39 is 0 Å². The molecule has 2 heterocycles. The second-order valence-corrected chi connectivity index (χ2v) is 13.1. The molecule has 2 unspecified atom stereocenters. The van der Waals surface area contributed by atoms with Crippen molar-refractivity contribution in [3.8, 4) is 0 Å². The Morgan fingerprint density at radius 3 is 0.967 bits per heavy atom. The average molecular weight is 553 g/mol. The Kier molecular flexibility index (Phi) is 13.5. The van der Waals surface area contributed by atoms with Crippen LogP contribution in [0.15, 0.2) is 0 Å². The molecule has 0 aliphatic carbocycles. The molecule has 2 nitrogen and oxygen atoms in total. The Labute approximate surface area is 206 Å². The van der Waals surface area contributed by atoms with Crippen LogP contribution < -0.4 is 0 Å². The molecule has 4 heteroatoms. The molecule has 0 aromatic carbocycles. The molecular formula is C26H52Br2N2+2. The summed E-state index contributed by atoms with van der Waals surface area (Å²) in [7, 11) is 4.89. The second kappa shape index (κ2) is 14.9. The monoisotopic (exact) mass is 550 g/mol. The van der Waals surface area contributed by atoms with Gasteiger partial charge in [-0.1, -0.05) is 64.2 Å². The third-order valence-corrected chi connectivity index (χ3v) is 11.1. The lowest BCUT2D eigenvalue weighted by atomic mass is 10.0. The predicted molar refractivity (Wildman–Crippen MR) is 140 cm³/mol. The van der Waals surface area contributed by atoms with Crippen molar-refractivity contribution in [2.24, 2.45) is 0 Å². The summed E-state index contributed by atoms with van der Waals surface area (Å²) in [6, 6.07) is 0. The first-order valence-electron chi connectivity index (χ1n) is 13.4. The Bertz CT molecular complexity index is 391. The van der Waals surface area contributed by atoms with E-state index >= 15 is 0 Å². The zero-order valence-electron chi connectivity index (χ0n) is 20.4. The van der Waals surface area contributed by atoms with Gasteiger partial charge in [-0.25, -0.2) is 0 Å². The van der Waals surface area contributed by atoms with Gasteiger partial charge in [0.15, 0.2) is 0 Å². The minimum Gasteiger partial charge on any atom is -0.315 e. The van der Waals surface area contributed by atoms with Gasteiger partial charge in [0.1, 0.15) is 9.90 Å². The number of hydrogen-bond acceptors (Lipinski definition) is 0. The molecule has 0 spiro atoms. The Balaban J connectivity index is 1.30. The van der Waals surface area contributed by atoms with Gasteiger partial charge in [0.25, 0.3) is 0 Å². The van der Waals surface area contributed by atoms with Gasteiger partial charge >= 0.3 is 0 Å². The van der Waals surface area contributed by atoms with Crippen molar-refractivity contribution in [3.05, 3.63) is 0 Å². The number of rotatable bonds is 17. The lowest BCUT2D eigenvalue weighted by Gasteiger charge is -2.34. The molecule has 2 rings (SSSR count). The lowest BCUT2D eigenvalue weighted by Crippen LogP contribution is -2.46. The van der Waals surface area contributed by atoms with Gasteiger partial charge in [-0.15, -0.1) is 0 Å². The molecule has 2 aliphatic rings. The summed E-state index contributed by atoms with van der Waals surface area (Å²) >= 11 is 7.98. The maximum absolute atomic E-state index is 3.99. The zero-order valence-corrected chi connectivity index (χ0v) is 23.5. The van der Waals surface area contributed by atoms with Gasteiger partial charge in [0.2, 0.25) is 0 Å². The second-order valence-electron chi connectivity index (χ2n) is 11.0. The maximum atomic E-state index is 3.99. The molecule has 0 bridgehead atoms. The smallest absolute Gasteiger partial charge is 0.144 e. The van der Waals surface area contributed by atoms with E-state index in [4.69, 9.17) is 0 Å². The maximum Gasteiger partial charge on any atom is 0.144 e. The molecule has 30 heavy (non-hydrogen) atoms. The van der Waals surface area contributed by atoms with Gasteiger partial charge in [-0.05, 0) is 44.7 Å². The first kappa shape index (κ1) is 27.1. The highest BCUT2D eigenvalue weighted by molar-refractivity contribution is 9.09. The minimum atomic E-state index is 0.699. The van der Waals surface area contributed by atoms with Crippen LogP contribution in [0.4, 0.5) is 0 Å². The van der Waals surface area contributed by atoms with E-state index in [1.165, 1.54) is 151 Å². The SMILES string of the molecule is C[N+]1(C(Br)CCCCCCCCCCCCCCC(Br)[N+]2(C)CCCC2)CCCC1. The Hall–Kier alpha value is 0.880. The molecule has 0 amide bonds. The molecular weight excluding hydrogens is 500 g/mol. The van der Waals surface area contributed by atoms with Crippen molar-refractivity contribution in [1.29, 1.82) is 0 Å². The van der Waals surface area contributed by atoms with E-state index in [0.29, 0.717) is 9.90 Å². The molecule has 0 saturated carbocycles. The normalized spacial score (nSPS) is 22.4. The van der Waals surface area contributed by atoms with E-state index in [9.17, 15) is 0 Å². The molecule has 0 aromatic rings. The van der Waals surface area contributed by atoms with Crippen LogP contribution in [0.3, 0.4) is 0 Å². The van der Waals surface area contributed by atoms with Crippen molar-refractivity contribution >= 4 is 31.9 Å². The molecule has 2 aliphatic heterocycles. The summed E-state index contributed by atoms with van der Waals surface area (Å²) < 4.78 is 2.55. The van der Waals surface area contributed by atoms with Crippen LogP contribution in [0.5, 0.6) is 0 Å². The quantitative estimate of drug-likeness (QED) is 0.0736. The largest absolute Gasteiger partial charge is 0.315 e. The highest BCUT2D eigenvalue weighted by Crippen LogP contribution is 2.29. The fourth-order valence-corrected chi connectivity index (χ4v) is 7.16. The van der Waals surface area contributed by atoms with Crippen LogP contribution in [-0.2, 0) is 0 Å². The van der Waals surface area contributed by atoms with Crippen molar-refractivity contribution < 1.29 is 8.97 Å². The Morgan fingerprint density at radius 2 is 0.700 bits per heavy atom. The molecule has 0 aromatic heterocycles. The van der Waals surface area contributed by atoms with Crippen molar-refractivity contribution in [1.82, 2.24) is 0 Å². The van der Waals surface area contributed by atoms with Crippen LogP contribution in [0, 0.1) is 0 Å². The highest BCUT2D eigenvalue weighted by Gasteiger charge is 2.34. The predicted octanol–water partition coefficient (Wildman–Crippen LogP) is 8.37. The van der Waals surface area contributed by atoms with Crippen molar-refractivity contribution in [3.63, 3.8) is 0 Å². The summed E-state index contributed by atoms with van der Waals surface area (Å²) in [6.45, 7) is 5.52. The number of halogens is 2. The topological polar surface area (TPSA) is 0 Å². The van der Waals surface area contributed by atoms with Crippen LogP contribution in [0.25, 0.3) is 0 Å². The number of alkyl halides is 2. The average Bonchev–Trinajstić information content (AvgIpc) is 3.38. The van der Waals surface area contributed by atoms with Crippen LogP contribution in [-0.4, -0.2) is 59.1 Å². The van der Waals surface area contributed by atoms with Crippen molar-refractivity contribution in [2.45, 2.75) is 125 Å². The molecule has 0 radical (unpaired) electrons. The van der Waals surface area contributed by atoms with Gasteiger partial charge in [0.05, 0.1) is 40.3 Å². The van der Waals surface area contributed by atoms with Crippen LogP contribution in [0.1, 0.15) is 116 Å². The fraction of sp³-hybridized carbons (Fsp3) is 1.00. The summed E-state index contributed by atoms with van der Waals surface area (Å²) in [4.78, 5) is 1.40. The number of likely N-dealkylation sites (tertiary alicyclic amines) is 2. The van der Waals surface area contributed by atoms with E-state index in [1.807, 2.05) is 0 Å². The highest BCUT2D eigenvalue weighted by atomic mass is 79.9. The third-order valence-electron chi connectivity index (χ3n) is 8.16. The number of hydrogen-bond donors (Lipinski definition) is 0. The summed E-state index contributed by atoms with van der Waals surface area (Å²) in [5, 5.41) is 0. The standard InChI is InChI=1S/C26H52Br2N2/c1-29(21-15-16-22-29)25(27)19-13-11-9-7-5-3-4-6-8-10-12-14-20-26(28)30(2)23-17-18-24-30/h25-26H,3-24H2,1-2H3/q+2. The van der Waals surface area contributed by atoms with Gasteiger partial charge in [-0.3, -0.25) is 0 Å². The van der Waals surface area contributed by atoms with Crippen molar-refractivity contribution in [2.75, 3.05) is 40.3 Å². The molecule has 178 valence electrons. The van der Waals surface area contributed by atoms with E-state index in [0.717, 1.165) is 0 Å². The Morgan fingerprint density at radius 1 is 0.467 bits per heavy atom. The van der Waals surface area contributed by atoms with E-state index in [-0.39, 0.29) is 0 Å². The van der Waals surface area contributed by atoms with Gasteiger partial charge in [-0.2, -0.15) is 0 Å². The fourth-order valence-electron chi connectivity index (χ4n) is 5.69. The number of unbranched alkanes of at least 4 members (excludes halogenated alkanes) is 11. The van der Waals surface area contributed by atoms with Gasteiger partial charge in [0, 0.05) is 38.5 Å². The van der Waals surface area contributed by atoms with Crippen LogP contribution in [0.2, 0.25) is 0 Å². The number of nitrogens with zero attached hydrogens (tertiary/aromatic N) is 2. The third kappa shape index (κ3) is 9.79.